The van der Waals surface area contributed by atoms with Gasteiger partial charge in [0, 0.05) is 51.7 Å². The molecule has 2 aromatic heterocycles. The van der Waals surface area contributed by atoms with Crippen LogP contribution in [-0.4, -0.2) is 53.5 Å². The molecule has 26 heavy (non-hydrogen) atoms. The van der Waals surface area contributed by atoms with Gasteiger partial charge in [0.25, 0.3) is 5.91 Å². The number of carbonyl (C=O) groups is 1. The summed E-state index contributed by atoms with van der Waals surface area (Å²) in [4.78, 5) is 25.3. The monoisotopic (exact) mass is 371 g/mol. The van der Waals surface area contributed by atoms with Gasteiger partial charge in [-0.2, -0.15) is 0 Å². The molecule has 136 valence electrons. The third-order valence-corrected chi connectivity index (χ3v) is 4.51. The van der Waals surface area contributed by atoms with Gasteiger partial charge in [0.1, 0.15) is 5.82 Å². The number of carbonyl (C=O) groups excluding carboxylic acids is 1. The molecule has 1 fully saturated rings. The zero-order chi connectivity index (χ0) is 18.4. The minimum atomic E-state index is -0.135. The summed E-state index contributed by atoms with van der Waals surface area (Å²) in [5, 5.41) is 3.41. The lowest BCUT2D eigenvalue weighted by atomic mass is 10.2. The average molecular weight is 372 g/mol. The van der Waals surface area contributed by atoms with Gasteiger partial charge in [0.15, 0.2) is 0 Å². The molecule has 2 aromatic rings. The molecule has 6 nitrogen and oxygen atoms in total. The van der Waals surface area contributed by atoms with E-state index in [0.29, 0.717) is 17.1 Å². The molecule has 0 aromatic carbocycles. The minimum Gasteiger partial charge on any atom is -0.354 e. The van der Waals surface area contributed by atoms with Crippen LogP contribution in [0.2, 0.25) is 5.02 Å². The van der Waals surface area contributed by atoms with E-state index in [2.05, 4.69) is 31.7 Å². The normalized spacial score (nSPS) is 14.9. The average Bonchev–Trinajstić information content (AvgIpc) is 2.68. The van der Waals surface area contributed by atoms with Crippen LogP contribution in [-0.2, 0) is 6.54 Å². The Balaban J connectivity index is 1.52. The Bertz CT molecular complexity index is 740. The van der Waals surface area contributed by atoms with Gasteiger partial charge in [-0.25, -0.2) is 4.98 Å². The molecule has 0 aliphatic carbocycles. The van der Waals surface area contributed by atoms with E-state index in [1.807, 2.05) is 24.3 Å². The molecular formula is C19H22ClN5O. The summed E-state index contributed by atoms with van der Waals surface area (Å²) < 4.78 is 0. The summed E-state index contributed by atoms with van der Waals surface area (Å²) in [6, 6.07) is 7.55. The molecule has 7 heteroatoms. The van der Waals surface area contributed by atoms with Gasteiger partial charge >= 0.3 is 0 Å². The Morgan fingerprint density at radius 1 is 1.15 bits per heavy atom. The van der Waals surface area contributed by atoms with E-state index >= 15 is 0 Å². The predicted octanol–water partition coefficient (Wildman–Crippen LogP) is 2.37. The second-order valence-electron chi connectivity index (χ2n) is 6.13. The van der Waals surface area contributed by atoms with Crippen LogP contribution < -0.4 is 10.2 Å². The van der Waals surface area contributed by atoms with E-state index in [4.69, 9.17) is 11.6 Å². The number of aromatic nitrogens is 2. The van der Waals surface area contributed by atoms with Gasteiger partial charge in [-0.15, -0.1) is 6.58 Å². The summed E-state index contributed by atoms with van der Waals surface area (Å²) in [7, 11) is 0. The Hall–Kier alpha value is -2.44. The van der Waals surface area contributed by atoms with Gasteiger partial charge in [-0.3, -0.25) is 14.7 Å². The highest BCUT2D eigenvalue weighted by atomic mass is 35.5. The molecule has 0 unspecified atom stereocenters. The first-order valence-corrected chi connectivity index (χ1v) is 8.96. The number of hydrogen-bond acceptors (Lipinski definition) is 5. The number of nitrogens with zero attached hydrogens (tertiary/aromatic N) is 4. The van der Waals surface area contributed by atoms with E-state index in [-0.39, 0.29) is 5.91 Å². The molecule has 1 N–H and O–H groups in total. The van der Waals surface area contributed by atoms with Gasteiger partial charge < -0.3 is 10.2 Å². The van der Waals surface area contributed by atoms with Crippen molar-refractivity contribution in [2.45, 2.75) is 6.54 Å². The first-order chi connectivity index (χ1) is 12.7. The van der Waals surface area contributed by atoms with Crippen molar-refractivity contribution in [1.82, 2.24) is 20.2 Å². The highest BCUT2D eigenvalue weighted by Crippen LogP contribution is 2.16. The van der Waals surface area contributed by atoms with E-state index in [1.165, 1.54) is 0 Å². The third-order valence-electron chi connectivity index (χ3n) is 4.29. The first kappa shape index (κ1) is 18.4. The van der Waals surface area contributed by atoms with Crippen LogP contribution in [0.1, 0.15) is 16.1 Å². The third kappa shape index (κ3) is 4.80. The zero-order valence-electron chi connectivity index (χ0n) is 14.6. The van der Waals surface area contributed by atoms with Crippen LogP contribution in [0.5, 0.6) is 0 Å². The fourth-order valence-corrected chi connectivity index (χ4v) is 2.95. The van der Waals surface area contributed by atoms with Gasteiger partial charge in [-0.1, -0.05) is 17.7 Å². The van der Waals surface area contributed by atoms with Crippen LogP contribution in [0.3, 0.4) is 0 Å². The molecule has 1 amide bonds. The maximum atomic E-state index is 11.9. The molecule has 0 bridgehead atoms. The van der Waals surface area contributed by atoms with Crippen LogP contribution >= 0.6 is 11.6 Å². The number of pyridine rings is 2. The second-order valence-corrected chi connectivity index (χ2v) is 6.57. The molecular weight excluding hydrogens is 350 g/mol. The zero-order valence-corrected chi connectivity index (χ0v) is 15.3. The summed E-state index contributed by atoms with van der Waals surface area (Å²) in [6.07, 6.45) is 4.96. The summed E-state index contributed by atoms with van der Waals surface area (Å²) in [5.74, 6) is 0.763. The van der Waals surface area contributed by atoms with Crippen molar-refractivity contribution in [2.75, 3.05) is 37.6 Å². The van der Waals surface area contributed by atoms with Crippen LogP contribution in [0, 0.1) is 0 Å². The molecule has 3 rings (SSSR count). The van der Waals surface area contributed by atoms with Gasteiger partial charge in [0.05, 0.1) is 16.3 Å². The number of nitrogens with one attached hydrogen (secondary N) is 1. The maximum Gasteiger partial charge on any atom is 0.253 e. The summed E-state index contributed by atoms with van der Waals surface area (Å²) in [5.41, 5.74) is 1.58. The van der Waals surface area contributed by atoms with Crippen molar-refractivity contribution in [3.05, 3.63) is 65.6 Å². The van der Waals surface area contributed by atoms with E-state index in [1.54, 1.807) is 18.5 Å². The van der Waals surface area contributed by atoms with Crippen LogP contribution in [0.15, 0.2) is 49.3 Å². The van der Waals surface area contributed by atoms with Crippen molar-refractivity contribution in [3.8, 4) is 0 Å². The number of amides is 1. The summed E-state index contributed by atoms with van der Waals surface area (Å²) >= 11 is 5.88. The minimum absolute atomic E-state index is 0.135. The number of piperazine rings is 1. The maximum absolute atomic E-state index is 11.9. The molecule has 1 aliphatic heterocycles. The number of anilines is 1. The first-order valence-electron chi connectivity index (χ1n) is 8.58. The fourth-order valence-electron chi connectivity index (χ4n) is 2.84. The van der Waals surface area contributed by atoms with Crippen molar-refractivity contribution < 1.29 is 4.79 Å². The van der Waals surface area contributed by atoms with Gasteiger partial charge in [-0.05, 0) is 24.3 Å². The van der Waals surface area contributed by atoms with Crippen LogP contribution in [0.4, 0.5) is 5.82 Å². The molecule has 0 spiro atoms. The van der Waals surface area contributed by atoms with Crippen molar-refractivity contribution in [2.24, 2.45) is 0 Å². The van der Waals surface area contributed by atoms with E-state index < -0.39 is 0 Å². The van der Waals surface area contributed by atoms with Gasteiger partial charge in [0.2, 0.25) is 0 Å². The van der Waals surface area contributed by atoms with Crippen molar-refractivity contribution >= 4 is 23.3 Å². The molecule has 0 saturated carbocycles. The highest BCUT2D eigenvalue weighted by molar-refractivity contribution is 6.30. The molecule has 3 heterocycles. The highest BCUT2D eigenvalue weighted by Gasteiger charge is 2.18. The largest absolute Gasteiger partial charge is 0.354 e. The number of halogens is 1. The Kier molecular flexibility index (Phi) is 6.20. The molecule has 0 atom stereocenters. The number of rotatable bonds is 6. The number of hydrogen-bond donors (Lipinski definition) is 1. The molecule has 1 aliphatic rings. The SMILES string of the molecule is C=CCNC(=O)c1ccc(N2CCN(Cc3ccc(Cl)cn3)CC2)nc1. The smallest absolute Gasteiger partial charge is 0.253 e. The lowest BCUT2D eigenvalue weighted by molar-refractivity contribution is 0.0957. The quantitative estimate of drug-likeness (QED) is 0.790. The topological polar surface area (TPSA) is 61.4 Å². The van der Waals surface area contributed by atoms with E-state index in [9.17, 15) is 4.79 Å². The van der Waals surface area contributed by atoms with Crippen molar-refractivity contribution in [1.29, 1.82) is 0 Å². The Morgan fingerprint density at radius 2 is 1.96 bits per heavy atom. The fraction of sp³-hybridized carbons (Fsp3) is 0.316. The predicted molar refractivity (Wildman–Crippen MR) is 104 cm³/mol. The Labute approximate surface area is 158 Å². The lowest BCUT2D eigenvalue weighted by Crippen LogP contribution is -2.46. The van der Waals surface area contributed by atoms with E-state index in [0.717, 1.165) is 44.2 Å². The van der Waals surface area contributed by atoms with Crippen molar-refractivity contribution in [3.63, 3.8) is 0 Å². The van der Waals surface area contributed by atoms with Crippen LogP contribution in [0.25, 0.3) is 0 Å². The lowest BCUT2D eigenvalue weighted by Gasteiger charge is -2.35. The summed E-state index contributed by atoms with van der Waals surface area (Å²) in [6.45, 7) is 8.52. The second kappa shape index (κ2) is 8.78. The molecule has 1 saturated heterocycles. The Morgan fingerprint density at radius 3 is 2.58 bits per heavy atom. The standard InChI is InChI=1S/C19H22ClN5O/c1-2-7-21-19(26)15-3-6-18(23-12-15)25-10-8-24(9-11-25)14-17-5-4-16(20)13-22-17/h2-6,12-13H,1,7-11,14H2,(H,21,26). The molecule has 0 radical (unpaired) electrons.